The number of hydrogen-bond donors (Lipinski definition) is 1. The van der Waals surface area contributed by atoms with E-state index in [9.17, 15) is 9.59 Å². The molecule has 1 atom stereocenters. The number of carbonyl (C=O) groups is 2. The number of pyridine rings is 1. The fraction of sp³-hybridized carbons (Fsp3) is 0.409. The van der Waals surface area contributed by atoms with Crippen molar-refractivity contribution in [2.24, 2.45) is 0 Å². The van der Waals surface area contributed by atoms with Crippen molar-refractivity contribution in [2.75, 3.05) is 27.2 Å². The van der Waals surface area contributed by atoms with Crippen LogP contribution in [-0.4, -0.2) is 60.0 Å². The fourth-order valence-corrected chi connectivity index (χ4v) is 3.41. The highest BCUT2D eigenvalue weighted by Crippen LogP contribution is 2.14. The average Bonchev–Trinajstić information content (AvgIpc) is 2.74. The van der Waals surface area contributed by atoms with Crippen molar-refractivity contribution in [1.29, 1.82) is 0 Å². The highest BCUT2D eigenvalue weighted by molar-refractivity contribution is 5.78. The van der Waals surface area contributed by atoms with E-state index in [1.807, 2.05) is 41.3 Å². The van der Waals surface area contributed by atoms with E-state index in [-0.39, 0.29) is 18.0 Å². The number of rotatable bonds is 7. The molecule has 0 aliphatic carbocycles. The molecule has 7 heteroatoms. The Morgan fingerprint density at radius 1 is 1.21 bits per heavy atom. The number of likely N-dealkylation sites (tertiary alicyclic amines) is 1. The van der Waals surface area contributed by atoms with Crippen LogP contribution in [0.2, 0.25) is 0 Å². The van der Waals surface area contributed by atoms with Gasteiger partial charge in [-0.25, -0.2) is 4.79 Å². The highest BCUT2D eigenvalue weighted by Gasteiger charge is 2.25. The fourth-order valence-electron chi connectivity index (χ4n) is 3.41. The van der Waals surface area contributed by atoms with Crippen molar-refractivity contribution < 1.29 is 14.3 Å². The van der Waals surface area contributed by atoms with Gasteiger partial charge in [-0.2, -0.15) is 0 Å². The minimum absolute atomic E-state index is 0.0221. The van der Waals surface area contributed by atoms with Crippen LogP contribution in [0.25, 0.3) is 0 Å². The molecule has 3 amide bonds. The van der Waals surface area contributed by atoms with Crippen LogP contribution in [-0.2, 0) is 17.8 Å². The molecule has 2 aromatic rings. The third kappa shape index (κ3) is 5.94. The summed E-state index contributed by atoms with van der Waals surface area (Å²) in [5, 5.41) is 3.10. The first-order valence-electron chi connectivity index (χ1n) is 9.86. The normalized spacial score (nSPS) is 16.4. The summed E-state index contributed by atoms with van der Waals surface area (Å²) in [4.78, 5) is 32.2. The zero-order chi connectivity index (χ0) is 20.6. The first-order valence-corrected chi connectivity index (χ1v) is 9.86. The third-order valence-electron chi connectivity index (χ3n) is 5.19. The quantitative estimate of drug-likeness (QED) is 0.780. The van der Waals surface area contributed by atoms with E-state index < -0.39 is 0 Å². The van der Waals surface area contributed by atoms with Gasteiger partial charge in [-0.05, 0) is 48.2 Å². The van der Waals surface area contributed by atoms with Gasteiger partial charge < -0.3 is 19.9 Å². The minimum atomic E-state index is -0.108. The lowest BCUT2D eigenvalue weighted by molar-refractivity contribution is -0.132. The standard InChI is InChI=1S/C22H28N4O3/c1-25-16-19(5-8-21(25)27)24-22(28)26(15-18-9-12-23-13-10-18)14-11-17-3-6-20(29-2)7-4-17/h3-4,6-7,9-10,12-13,19H,5,8,11,14-16H2,1-2H3,(H,24,28)/t19-/m0/s1. The third-order valence-corrected chi connectivity index (χ3v) is 5.19. The van der Waals surface area contributed by atoms with Crippen LogP contribution in [0.3, 0.4) is 0 Å². The zero-order valence-electron chi connectivity index (χ0n) is 17.0. The van der Waals surface area contributed by atoms with Crippen LogP contribution in [0.5, 0.6) is 5.75 Å². The number of nitrogens with zero attached hydrogens (tertiary/aromatic N) is 3. The summed E-state index contributed by atoms with van der Waals surface area (Å²) >= 11 is 0. The largest absolute Gasteiger partial charge is 0.497 e. The molecule has 0 bridgehead atoms. The van der Waals surface area contributed by atoms with E-state index in [0.29, 0.717) is 32.5 Å². The summed E-state index contributed by atoms with van der Waals surface area (Å²) in [6, 6.07) is 11.6. The van der Waals surface area contributed by atoms with E-state index in [1.54, 1.807) is 31.5 Å². The van der Waals surface area contributed by atoms with Crippen molar-refractivity contribution in [1.82, 2.24) is 20.1 Å². The monoisotopic (exact) mass is 396 g/mol. The second-order valence-corrected chi connectivity index (χ2v) is 7.33. The number of carbonyl (C=O) groups excluding carboxylic acids is 2. The average molecular weight is 396 g/mol. The van der Waals surface area contributed by atoms with E-state index in [2.05, 4.69) is 10.3 Å². The number of likely N-dealkylation sites (N-methyl/N-ethyl adjacent to an activating group) is 1. The van der Waals surface area contributed by atoms with Crippen LogP contribution in [0.4, 0.5) is 4.79 Å². The van der Waals surface area contributed by atoms with E-state index in [4.69, 9.17) is 4.74 Å². The number of piperidine rings is 1. The molecule has 154 valence electrons. The van der Waals surface area contributed by atoms with Gasteiger partial charge in [0.2, 0.25) is 5.91 Å². The Bertz CT molecular complexity index is 811. The molecule has 1 aromatic heterocycles. The molecule has 3 rings (SSSR count). The van der Waals surface area contributed by atoms with Crippen LogP contribution in [0, 0.1) is 0 Å². The predicted molar refractivity (Wildman–Crippen MR) is 111 cm³/mol. The maximum absolute atomic E-state index is 13.0. The van der Waals surface area contributed by atoms with Crippen molar-refractivity contribution in [3.63, 3.8) is 0 Å². The molecule has 1 aromatic carbocycles. The Morgan fingerprint density at radius 2 is 1.93 bits per heavy atom. The molecule has 0 unspecified atom stereocenters. The SMILES string of the molecule is COc1ccc(CCN(Cc2ccncc2)C(=O)N[C@H]2CCC(=O)N(C)C2)cc1. The van der Waals surface area contributed by atoms with Crippen molar-refractivity contribution >= 4 is 11.9 Å². The Kier molecular flexibility index (Phi) is 7.05. The van der Waals surface area contributed by atoms with Gasteiger partial charge in [0.15, 0.2) is 0 Å². The number of ether oxygens (including phenoxy) is 1. The first kappa shape index (κ1) is 20.6. The molecule has 1 fully saturated rings. The molecular weight excluding hydrogens is 368 g/mol. The summed E-state index contributed by atoms with van der Waals surface area (Å²) in [5.41, 5.74) is 2.17. The minimum Gasteiger partial charge on any atom is -0.497 e. The molecule has 0 radical (unpaired) electrons. The Hall–Kier alpha value is -3.09. The topological polar surface area (TPSA) is 74.8 Å². The summed E-state index contributed by atoms with van der Waals surface area (Å²) < 4.78 is 5.20. The van der Waals surface area contributed by atoms with Crippen LogP contribution >= 0.6 is 0 Å². The lowest BCUT2D eigenvalue weighted by atomic mass is 10.1. The molecule has 29 heavy (non-hydrogen) atoms. The molecule has 1 aliphatic heterocycles. The van der Waals surface area contributed by atoms with E-state index in [1.165, 1.54) is 0 Å². The molecule has 0 spiro atoms. The van der Waals surface area contributed by atoms with Crippen molar-refractivity contribution in [2.45, 2.75) is 31.8 Å². The Balaban J connectivity index is 1.64. The Labute approximate surface area is 171 Å². The molecule has 0 saturated carbocycles. The van der Waals surface area contributed by atoms with Gasteiger partial charge in [-0.15, -0.1) is 0 Å². The summed E-state index contributed by atoms with van der Waals surface area (Å²) in [6.07, 6.45) is 5.35. The lowest BCUT2D eigenvalue weighted by Crippen LogP contribution is -2.52. The number of urea groups is 1. The molecule has 1 N–H and O–H groups in total. The number of nitrogens with one attached hydrogen (secondary N) is 1. The predicted octanol–water partition coefficient (Wildman–Crippen LogP) is 2.47. The summed E-state index contributed by atoms with van der Waals surface area (Å²) in [5.74, 6) is 0.944. The second kappa shape index (κ2) is 9.91. The number of methoxy groups -OCH3 is 1. The van der Waals surface area contributed by atoms with Crippen molar-refractivity contribution in [3.05, 3.63) is 59.9 Å². The van der Waals surface area contributed by atoms with Gasteiger partial charge in [0.25, 0.3) is 0 Å². The smallest absolute Gasteiger partial charge is 0.317 e. The Morgan fingerprint density at radius 3 is 2.59 bits per heavy atom. The number of hydrogen-bond acceptors (Lipinski definition) is 4. The molecule has 1 saturated heterocycles. The van der Waals surface area contributed by atoms with Crippen molar-refractivity contribution in [3.8, 4) is 5.75 Å². The summed E-state index contributed by atoms with van der Waals surface area (Å²) in [6.45, 7) is 1.64. The molecule has 7 nitrogen and oxygen atoms in total. The van der Waals surface area contributed by atoms with Gasteiger partial charge in [-0.3, -0.25) is 9.78 Å². The van der Waals surface area contributed by atoms with Crippen LogP contribution in [0.1, 0.15) is 24.0 Å². The maximum atomic E-state index is 13.0. The first-order chi connectivity index (χ1) is 14.0. The number of amides is 3. The molecule has 1 aliphatic rings. The van der Waals surface area contributed by atoms with Gasteiger partial charge in [0.1, 0.15) is 5.75 Å². The second-order valence-electron chi connectivity index (χ2n) is 7.33. The van der Waals surface area contributed by atoms with Gasteiger partial charge in [0, 0.05) is 51.5 Å². The molecule has 2 heterocycles. The van der Waals surface area contributed by atoms with Crippen LogP contribution < -0.4 is 10.1 Å². The van der Waals surface area contributed by atoms with Gasteiger partial charge in [0.05, 0.1) is 7.11 Å². The zero-order valence-corrected chi connectivity index (χ0v) is 17.0. The summed E-state index contributed by atoms with van der Waals surface area (Å²) in [7, 11) is 3.42. The molecular formula is C22H28N4O3. The lowest BCUT2D eigenvalue weighted by Gasteiger charge is -2.32. The number of benzene rings is 1. The highest BCUT2D eigenvalue weighted by atomic mass is 16.5. The van der Waals surface area contributed by atoms with E-state index in [0.717, 1.165) is 23.3 Å². The van der Waals surface area contributed by atoms with Crippen LogP contribution in [0.15, 0.2) is 48.8 Å². The van der Waals surface area contributed by atoms with Gasteiger partial charge >= 0.3 is 6.03 Å². The van der Waals surface area contributed by atoms with Gasteiger partial charge in [-0.1, -0.05) is 12.1 Å². The number of aromatic nitrogens is 1. The maximum Gasteiger partial charge on any atom is 0.317 e. The van der Waals surface area contributed by atoms with E-state index >= 15 is 0 Å².